The largest absolute Gasteiger partial charge is 0.466 e. The molecule has 0 aromatic heterocycles. The van der Waals surface area contributed by atoms with E-state index in [-0.39, 0.29) is 11.4 Å². The van der Waals surface area contributed by atoms with Gasteiger partial charge in [0.2, 0.25) is 0 Å². The fraction of sp³-hybridized carbons (Fsp3) is 0.452. The van der Waals surface area contributed by atoms with Crippen LogP contribution in [-0.2, 0) is 9.53 Å². The number of anilines is 1. The molecule has 10 heteroatoms. The summed E-state index contributed by atoms with van der Waals surface area (Å²) in [6.45, 7) is 10.0. The molecule has 220 valence electrons. The molecule has 0 spiro atoms. The van der Waals surface area contributed by atoms with Crippen LogP contribution in [0.25, 0.3) is 0 Å². The number of para-hydroxylation sites is 1. The average molecular weight is 569 g/mol. The Bertz CT molecular complexity index is 1320. The van der Waals surface area contributed by atoms with Crippen molar-refractivity contribution in [1.29, 1.82) is 0 Å². The number of Topliss-reactive ketones (excluding diaryl/α,β-unsaturated/α-hetero) is 1. The number of ketones is 1. The van der Waals surface area contributed by atoms with Gasteiger partial charge in [-0.3, -0.25) is 9.69 Å². The van der Waals surface area contributed by atoms with Crippen molar-refractivity contribution in [3.63, 3.8) is 0 Å². The molecule has 2 heterocycles. The second-order valence-electron chi connectivity index (χ2n) is 10.8. The van der Waals surface area contributed by atoms with E-state index in [9.17, 15) is 23.2 Å². The van der Waals surface area contributed by atoms with E-state index in [0.29, 0.717) is 30.1 Å². The maximum atomic E-state index is 14.2. The van der Waals surface area contributed by atoms with E-state index in [2.05, 4.69) is 22.0 Å². The highest BCUT2D eigenvalue weighted by molar-refractivity contribution is 5.99. The summed E-state index contributed by atoms with van der Waals surface area (Å²) in [5, 5.41) is 2.72. The summed E-state index contributed by atoms with van der Waals surface area (Å²) < 4.78 is 32.8. The summed E-state index contributed by atoms with van der Waals surface area (Å²) in [6.07, 6.45) is 1.49. The number of urea groups is 1. The zero-order valence-corrected chi connectivity index (χ0v) is 24.1. The molecule has 0 aliphatic carbocycles. The first kappa shape index (κ1) is 30.2. The number of carbonyl (C=O) groups is 3. The van der Waals surface area contributed by atoms with Crippen molar-refractivity contribution < 1.29 is 27.9 Å². The number of benzene rings is 2. The predicted molar refractivity (Wildman–Crippen MR) is 153 cm³/mol. The summed E-state index contributed by atoms with van der Waals surface area (Å²) in [5.74, 6) is -2.28. The average Bonchev–Trinajstić information content (AvgIpc) is 2.95. The molecule has 2 aliphatic heterocycles. The van der Waals surface area contributed by atoms with Crippen LogP contribution in [0.5, 0.6) is 0 Å². The molecule has 4 rings (SSSR count). The van der Waals surface area contributed by atoms with Crippen LogP contribution >= 0.6 is 0 Å². The summed E-state index contributed by atoms with van der Waals surface area (Å²) in [7, 11) is 1.25. The van der Waals surface area contributed by atoms with Gasteiger partial charge in [-0.2, -0.15) is 0 Å². The van der Waals surface area contributed by atoms with Gasteiger partial charge in [-0.25, -0.2) is 18.4 Å². The van der Waals surface area contributed by atoms with Crippen molar-refractivity contribution in [2.75, 3.05) is 51.3 Å². The highest BCUT2D eigenvalue weighted by Crippen LogP contribution is 2.35. The Balaban J connectivity index is 1.36. The van der Waals surface area contributed by atoms with Gasteiger partial charge in [0.15, 0.2) is 17.4 Å². The highest BCUT2D eigenvalue weighted by Gasteiger charge is 2.38. The first-order valence-electron chi connectivity index (χ1n) is 14.0. The molecule has 2 aromatic rings. The van der Waals surface area contributed by atoms with Gasteiger partial charge in [-0.1, -0.05) is 25.1 Å². The number of nitrogens with one attached hydrogen (secondary N) is 1. The maximum absolute atomic E-state index is 14.2. The third kappa shape index (κ3) is 6.93. The minimum Gasteiger partial charge on any atom is -0.466 e. The van der Waals surface area contributed by atoms with Crippen molar-refractivity contribution >= 4 is 23.5 Å². The van der Waals surface area contributed by atoms with Crippen LogP contribution in [0.15, 0.2) is 53.7 Å². The van der Waals surface area contributed by atoms with E-state index >= 15 is 0 Å². The topological polar surface area (TPSA) is 82.2 Å². The van der Waals surface area contributed by atoms with Gasteiger partial charge in [-0.05, 0) is 62.4 Å². The molecular formula is C31H38F2N4O4. The number of methoxy groups -OCH3 is 1. The molecule has 2 amide bonds. The molecule has 2 aromatic carbocycles. The first-order valence-corrected chi connectivity index (χ1v) is 14.0. The minimum absolute atomic E-state index is 0.0650. The van der Waals surface area contributed by atoms with Crippen LogP contribution < -0.4 is 10.2 Å². The molecule has 0 radical (unpaired) electrons. The standard InChI is InChI=1S/C31H38F2N4O4/c1-20(19-35-14-16-36(17-15-35)27-10-6-5-9-24(27)22(3)38)8-7-13-37-29(23-11-12-25(32)26(33)18-23)28(30(39)41-4)21(2)34-31(37)40/h5-6,9-12,18,20,29H,7-8,13-17,19H2,1-4H3,(H,34,40). The molecule has 2 unspecified atom stereocenters. The van der Waals surface area contributed by atoms with Crippen molar-refractivity contribution in [2.24, 2.45) is 5.92 Å². The Hall–Kier alpha value is -3.79. The van der Waals surface area contributed by atoms with Gasteiger partial charge in [0.1, 0.15) is 0 Å². The SMILES string of the molecule is COC(=O)C1=C(C)NC(=O)N(CCCC(C)CN2CCN(c3ccccc3C(C)=O)CC2)C1c1ccc(F)c(F)c1. The Morgan fingerprint density at radius 2 is 1.78 bits per heavy atom. The number of rotatable bonds is 10. The summed E-state index contributed by atoms with van der Waals surface area (Å²) in [6, 6.07) is 9.84. The summed E-state index contributed by atoms with van der Waals surface area (Å²) >= 11 is 0. The number of carbonyl (C=O) groups excluding carboxylic acids is 3. The lowest BCUT2D eigenvalue weighted by atomic mass is 9.93. The fourth-order valence-electron chi connectivity index (χ4n) is 5.77. The molecule has 8 nitrogen and oxygen atoms in total. The minimum atomic E-state index is -1.05. The van der Waals surface area contributed by atoms with Gasteiger partial charge >= 0.3 is 12.0 Å². The zero-order chi connectivity index (χ0) is 29.7. The quantitative estimate of drug-likeness (QED) is 0.324. The molecule has 0 saturated carbocycles. The van der Waals surface area contributed by atoms with Crippen molar-refractivity contribution in [1.82, 2.24) is 15.1 Å². The third-order valence-corrected chi connectivity index (χ3v) is 7.87. The second-order valence-corrected chi connectivity index (χ2v) is 10.8. The van der Waals surface area contributed by atoms with Crippen LogP contribution in [-0.4, -0.2) is 74.0 Å². The summed E-state index contributed by atoms with van der Waals surface area (Å²) in [4.78, 5) is 43.9. The maximum Gasteiger partial charge on any atom is 0.337 e. The molecule has 2 atom stereocenters. The smallest absolute Gasteiger partial charge is 0.337 e. The van der Waals surface area contributed by atoms with E-state index in [1.54, 1.807) is 13.8 Å². The number of halogens is 2. The molecule has 2 aliphatic rings. The van der Waals surface area contributed by atoms with Gasteiger partial charge < -0.3 is 19.9 Å². The van der Waals surface area contributed by atoms with Crippen LogP contribution in [0, 0.1) is 17.6 Å². The zero-order valence-electron chi connectivity index (χ0n) is 24.1. The van der Waals surface area contributed by atoms with Gasteiger partial charge in [0, 0.05) is 56.2 Å². The first-order chi connectivity index (χ1) is 19.6. The molecule has 41 heavy (non-hydrogen) atoms. The van der Waals surface area contributed by atoms with Crippen molar-refractivity contribution in [2.45, 2.75) is 39.7 Å². The highest BCUT2D eigenvalue weighted by atomic mass is 19.2. The predicted octanol–water partition coefficient (Wildman–Crippen LogP) is 4.92. The lowest BCUT2D eigenvalue weighted by Gasteiger charge is -2.39. The number of amides is 2. The van der Waals surface area contributed by atoms with E-state index in [0.717, 1.165) is 62.5 Å². The van der Waals surface area contributed by atoms with Gasteiger partial charge in [-0.15, -0.1) is 0 Å². The molecule has 1 N–H and O–H groups in total. The molecule has 1 fully saturated rings. The van der Waals surface area contributed by atoms with Crippen molar-refractivity contribution in [3.05, 3.63) is 76.5 Å². The number of nitrogens with zero attached hydrogens (tertiary/aromatic N) is 3. The number of piperazine rings is 1. The van der Waals surface area contributed by atoms with E-state index in [4.69, 9.17) is 4.74 Å². The van der Waals surface area contributed by atoms with Crippen LogP contribution in [0.3, 0.4) is 0 Å². The lowest BCUT2D eigenvalue weighted by molar-refractivity contribution is -0.137. The Labute approximate surface area is 239 Å². The number of hydrogen-bond acceptors (Lipinski definition) is 6. The molecule has 0 bridgehead atoms. The lowest BCUT2D eigenvalue weighted by Crippen LogP contribution is -2.49. The summed E-state index contributed by atoms with van der Waals surface area (Å²) in [5.41, 5.74) is 2.55. The van der Waals surface area contributed by atoms with Gasteiger partial charge in [0.05, 0.1) is 18.7 Å². The van der Waals surface area contributed by atoms with E-state index in [1.165, 1.54) is 18.1 Å². The number of ether oxygens (including phenoxy) is 1. The van der Waals surface area contributed by atoms with Crippen LogP contribution in [0.1, 0.15) is 55.6 Å². The number of esters is 1. The Morgan fingerprint density at radius 1 is 1.07 bits per heavy atom. The third-order valence-electron chi connectivity index (χ3n) is 7.87. The van der Waals surface area contributed by atoms with E-state index < -0.39 is 29.7 Å². The van der Waals surface area contributed by atoms with E-state index in [1.807, 2.05) is 24.3 Å². The number of hydrogen-bond donors (Lipinski definition) is 1. The molecular weight excluding hydrogens is 530 g/mol. The van der Waals surface area contributed by atoms with Gasteiger partial charge in [0.25, 0.3) is 0 Å². The second kappa shape index (κ2) is 13.2. The number of allylic oxidation sites excluding steroid dienone is 1. The Morgan fingerprint density at radius 3 is 2.44 bits per heavy atom. The van der Waals surface area contributed by atoms with Crippen molar-refractivity contribution in [3.8, 4) is 0 Å². The normalized spacial score (nSPS) is 18.8. The molecule has 1 saturated heterocycles. The van der Waals surface area contributed by atoms with Crippen LogP contribution in [0.2, 0.25) is 0 Å². The fourth-order valence-corrected chi connectivity index (χ4v) is 5.77. The monoisotopic (exact) mass is 568 g/mol. The van der Waals surface area contributed by atoms with Crippen LogP contribution in [0.4, 0.5) is 19.3 Å². The Kier molecular flexibility index (Phi) is 9.75.